The molecule has 1 saturated heterocycles. The van der Waals surface area contributed by atoms with E-state index in [1.165, 1.54) is 0 Å². The molecule has 3 amide bonds. The van der Waals surface area contributed by atoms with E-state index in [-0.39, 0.29) is 12.0 Å². The number of β-amino-alcohol motifs (C(OH)–C–C–N with tert-alkyl or cyclic N) is 1. The number of aliphatic hydroxyl groups is 1. The maximum absolute atomic E-state index is 11.9. The Bertz CT molecular complexity index is 320. The van der Waals surface area contributed by atoms with Gasteiger partial charge in [0.25, 0.3) is 0 Å². The third-order valence-electron chi connectivity index (χ3n) is 3.26. The minimum Gasteiger partial charge on any atom is -0.392 e. The monoisotopic (exact) mass is 271 g/mol. The van der Waals surface area contributed by atoms with Crippen molar-refractivity contribution in [3.8, 4) is 0 Å². The van der Waals surface area contributed by atoms with Crippen molar-refractivity contribution in [2.75, 3.05) is 19.6 Å². The largest absolute Gasteiger partial charge is 0.392 e. The van der Waals surface area contributed by atoms with Crippen LogP contribution >= 0.6 is 0 Å². The second-order valence-corrected chi connectivity index (χ2v) is 5.56. The Morgan fingerprint density at radius 2 is 2.05 bits per heavy atom. The Balaban J connectivity index is 2.37. The van der Waals surface area contributed by atoms with E-state index in [4.69, 9.17) is 0 Å². The van der Waals surface area contributed by atoms with Crippen molar-refractivity contribution < 1.29 is 14.7 Å². The predicted molar refractivity (Wildman–Crippen MR) is 72.7 cm³/mol. The van der Waals surface area contributed by atoms with Gasteiger partial charge in [-0.2, -0.15) is 0 Å². The van der Waals surface area contributed by atoms with Crippen LogP contribution in [0, 0.1) is 5.92 Å². The van der Waals surface area contributed by atoms with Gasteiger partial charge in [-0.15, -0.1) is 0 Å². The van der Waals surface area contributed by atoms with E-state index in [0.717, 1.165) is 19.4 Å². The van der Waals surface area contributed by atoms with Crippen LogP contribution in [0.2, 0.25) is 0 Å². The molecule has 0 bridgehead atoms. The van der Waals surface area contributed by atoms with Crippen molar-refractivity contribution in [3.63, 3.8) is 0 Å². The van der Waals surface area contributed by atoms with Crippen LogP contribution in [0.4, 0.5) is 4.79 Å². The molecule has 0 radical (unpaired) electrons. The first-order chi connectivity index (χ1) is 8.90. The number of carbonyl (C=O) groups is 2. The van der Waals surface area contributed by atoms with Crippen molar-refractivity contribution >= 4 is 11.9 Å². The molecule has 1 aliphatic rings. The van der Waals surface area contributed by atoms with Crippen molar-refractivity contribution in [1.82, 2.24) is 15.5 Å². The number of nitrogens with one attached hydrogen (secondary N) is 2. The van der Waals surface area contributed by atoms with Crippen LogP contribution in [0.25, 0.3) is 0 Å². The number of hydrogen-bond donors (Lipinski definition) is 3. The fourth-order valence-electron chi connectivity index (χ4n) is 2.06. The molecule has 1 fully saturated rings. The summed E-state index contributed by atoms with van der Waals surface area (Å²) in [5, 5.41) is 14.6. The van der Waals surface area contributed by atoms with Gasteiger partial charge in [0, 0.05) is 13.1 Å². The average molecular weight is 271 g/mol. The molecule has 2 atom stereocenters. The van der Waals surface area contributed by atoms with Gasteiger partial charge in [0.05, 0.1) is 12.1 Å². The Labute approximate surface area is 114 Å². The molecule has 0 aromatic carbocycles. The van der Waals surface area contributed by atoms with Gasteiger partial charge in [0.15, 0.2) is 0 Å². The van der Waals surface area contributed by atoms with E-state index in [1.54, 1.807) is 6.92 Å². The van der Waals surface area contributed by atoms with Crippen molar-refractivity contribution in [2.45, 2.75) is 45.8 Å². The zero-order chi connectivity index (χ0) is 14.4. The summed E-state index contributed by atoms with van der Waals surface area (Å²) in [6.45, 7) is 7.53. The van der Waals surface area contributed by atoms with Gasteiger partial charge in [-0.3, -0.25) is 15.0 Å². The number of imide groups is 1. The maximum Gasteiger partial charge on any atom is 0.321 e. The summed E-state index contributed by atoms with van der Waals surface area (Å²) < 4.78 is 0. The lowest BCUT2D eigenvalue weighted by Gasteiger charge is -2.33. The van der Waals surface area contributed by atoms with E-state index in [0.29, 0.717) is 19.0 Å². The van der Waals surface area contributed by atoms with Crippen LogP contribution in [0.5, 0.6) is 0 Å². The lowest BCUT2D eigenvalue weighted by Crippen LogP contribution is -2.53. The summed E-state index contributed by atoms with van der Waals surface area (Å²) >= 11 is 0. The topological polar surface area (TPSA) is 81.7 Å². The third kappa shape index (κ3) is 5.57. The van der Waals surface area contributed by atoms with Gasteiger partial charge in [0.2, 0.25) is 5.91 Å². The Morgan fingerprint density at radius 1 is 1.37 bits per heavy atom. The molecule has 6 heteroatoms. The number of urea groups is 1. The highest BCUT2D eigenvalue weighted by Crippen LogP contribution is 2.12. The normalized spacial score (nSPS) is 22.1. The molecule has 3 N–H and O–H groups in total. The molecule has 110 valence electrons. The first-order valence-corrected chi connectivity index (χ1v) is 6.91. The molecule has 0 aromatic heterocycles. The molecule has 1 rings (SSSR count). The Morgan fingerprint density at radius 3 is 2.63 bits per heavy atom. The SMILES string of the molecule is CC(C)CNC(=O)NC(=O)C(C)N1CCCC(O)C1. The predicted octanol–water partition coefficient (Wildman–Crippen LogP) is 0.313. The van der Waals surface area contributed by atoms with Crippen LogP contribution in [0.3, 0.4) is 0 Å². The minimum atomic E-state index is -0.455. The average Bonchev–Trinajstić information content (AvgIpc) is 2.35. The van der Waals surface area contributed by atoms with Gasteiger partial charge in [-0.05, 0) is 32.2 Å². The van der Waals surface area contributed by atoms with E-state index in [9.17, 15) is 14.7 Å². The van der Waals surface area contributed by atoms with Crippen LogP contribution in [-0.4, -0.2) is 53.7 Å². The van der Waals surface area contributed by atoms with Gasteiger partial charge >= 0.3 is 6.03 Å². The minimum absolute atomic E-state index is 0.324. The molecule has 2 unspecified atom stereocenters. The number of likely N-dealkylation sites (tertiary alicyclic amines) is 1. The number of aliphatic hydroxyl groups excluding tert-OH is 1. The lowest BCUT2D eigenvalue weighted by molar-refractivity contribution is -0.125. The summed E-state index contributed by atoms with van der Waals surface area (Å²) in [6.07, 6.45) is 1.27. The highest BCUT2D eigenvalue weighted by molar-refractivity contribution is 5.96. The molecule has 1 heterocycles. The third-order valence-corrected chi connectivity index (χ3v) is 3.26. The summed E-state index contributed by atoms with van der Waals surface area (Å²) in [5.74, 6) is 0.0193. The number of rotatable bonds is 4. The van der Waals surface area contributed by atoms with Crippen LogP contribution < -0.4 is 10.6 Å². The molecule has 0 aliphatic carbocycles. The van der Waals surface area contributed by atoms with Gasteiger partial charge in [-0.25, -0.2) is 4.79 Å². The summed E-state index contributed by atoms with van der Waals surface area (Å²) in [5.41, 5.74) is 0. The van der Waals surface area contributed by atoms with E-state index in [2.05, 4.69) is 10.6 Å². The summed E-state index contributed by atoms with van der Waals surface area (Å²) in [6, 6.07) is -0.858. The van der Waals surface area contributed by atoms with Gasteiger partial charge in [-0.1, -0.05) is 13.8 Å². The molecule has 6 nitrogen and oxygen atoms in total. The standard InChI is InChI=1S/C13H25N3O3/c1-9(2)7-14-13(19)15-12(18)10(3)16-6-4-5-11(17)8-16/h9-11,17H,4-8H2,1-3H3,(H2,14,15,18,19). The Hall–Kier alpha value is -1.14. The summed E-state index contributed by atoms with van der Waals surface area (Å²) in [7, 11) is 0. The number of hydrogen-bond acceptors (Lipinski definition) is 4. The first-order valence-electron chi connectivity index (χ1n) is 6.91. The molecular formula is C13H25N3O3. The van der Waals surface area contributed by atoms with Crippen LogP contribution in [-0.2, 0) is 4.79 Å². The zero-order valence-electron chi connectivity index (χ0n) is 12.0. The number of nitrogens with zero attached hydrogens (tertiary/aromatic N) is 1. The second-order valence-electron chi connectivity index (χ2n) is 5.56. The number of carbonyl (C=O) groups excluding carboxylic acids is 2. The molecule has 0 aromatic rings. The second kappa shape index (κ2) is 7.45. The highest BCUT2D eigenvalue weighted by atomic mass is 16.3. The Kier molecular flexibility index (Phi) is 6.24. The van der Waals surface area contributed by atoms with Gasteiger partial charge < -0.3 is 10.4 Å². The fraction of sp³-hybridized carbons (Fsp3) is 0.846. The zero-order valence-corrected chi connectivity index (χ0v) is 12.0. The fourth-order valence-corrected chi connectivity index (χ4v) is 2.06. The van der Waals surface area contributed by atoms with E-state index in [1.807, 2.05) is 18.7 Å². The maximum atomic E-state index is 11.9. The molecule has 0 saturated carbocycles. The highest BCUT2D eigenvalue weighted by Gasteiger charge is 2.27. The van der Waals surface area contributed by atoms with Crippen molar-refractivity contribution in [1.29, 1.82) is 0 Å². The molecular weight excluding hydrogens is 246 g/mol. The first kappa shape index (κ1) is 15.9. The number of amides is 3. The lowest BCUT2D eigenvalue weighted by atomic mass is 10.1. The molecule has 19 heavy (non-hydrogen) atoms. The summed E-state index contributed by atoms with van der Waals surface area (Å²) in [4.78, 5) is 25.3. The smallest absolute Gasteiger partial charge is 0.321 e. The quantitative estimate of drug-likeness (QED) is 0.687. The van der Waals surface area contributed by atoms with E-state index >= 15 is 0 Å². The van der Waals surface area contributed by atoms with Gasteiger partial charge in [0.1, 0.15) is 0 Å². The molecule has 1 aliphatic heterocycles. The molecule has 0 spiro atoms. The number of piperidine rings is 1. The van der Waals surface area contributed by atoms with Crippen LogP contribution in [0.1, 0.15) is 33.6 Å². The van der Waals surface area contributed by atoms with Crippen LogP contribution in [0.15, 0.2) is 0 Å². The van der Waals surface area contributed by atoms with Crippen molar-refractivity contribution in [2.24, 2.45) is 5.92 Å². The van der Waals surface area contributed by atoms with Crippen molar-refractivity contribution in [3.05, 3.63) is 0 Å². The van der Waals surface area contributed by atoms with E-state index < -0.39 is 12.1 Å².